The zero-order valence-electron chi connectivity index (χ0n) is 19.0. The zero-order valence-corrected chi connectivity index (χ0v) is 20.6. The van der Waals surface area contributed by atoms with Gasteiger partial charge >= 0.3 is 0 Å². The molecule has 0 saturated carbocycles. The molecule has 4 heterocycles. The van der Waals surface area contributed by atoms with Gasteiger partial charge < -0.3 is 19.9 Å². The van der Waals surface area contributed by atoms with Crippen molar-refractivity contribution in [2.75, 3.05) is 4.90 Å². The number of aryl methyl sites for hydroxylation is 2. The molecule has 2 atom stereocenters. The molecule has 2 N–H and O–H groups in total. The van der Waals surface area contributed by atoms with Gasteiger partial charge in [-0.2, -0.15) is 0 Å². The lowest BCUT2D eigenvalue weighted by atomic mass is 9.96. The van der Waals surface area contributed by atoms with Crippen LogP contribution in [0.3, 0.4) is 0 Å². The Morgan fingerprint density at radius 3 is 2.56 bits per heavy atom. The average molecular weight is 490 g/mol. The van der Waals surface area contributed by atoms with E-state index >= 15 is 0 Å². The maximum Gasteiger partial charge on any atom is 0.174 e. The SMILES string of the molecule is Cc1ccnc(-n2c(C)cc([C@@H]3[C@H](c4ccccn4)NC(=S)N3c3cc(Cl)ccc3O)c2C)c1. The van der Waals surface area contributed by atoms with Gasteiger partial charge in [-0.3, -0.25) is 4.98 Å². The second kappa shape index (κ2) is 8.74. The molecule has 1 aromatic carbocycles. The van der Waals surface area contributed by atoms with E-state index in [2.05, 4.69) is 52.8 Å². The Morgan fingerprint density at radius 1 is 1.00 bits per heavy atom. The minimum absolute atomic E-state index is 0.106. The third kappa shape index (κ3) is 3.81. The van der Waals surface area contributed by atoms with E-state index in [4.69, 9.17) is 23.8 Å². The number of aromatic nitrogens is 3. The lowest BCUT2D eigenvalue weighted by Crippen LogP contribution is -2.29. The fourth-order valence-corrected chi connectivity index (χ4v) is 5.21. The third-order valence-corrected chi connectivity index (χ3v) is 6.76. The highest BCUT2D eigenvalue weighted by molar-refractivity contribution is 7.80. The van der Waals surface area contributed by atoms with E-state index in [9.17, 15) is 5.11 Å². The summed E-state index contributed by atoms with van der Waals surface area (Å²) in [6.45, 7) is 6.21. The lowest BCUT2D eigenvalue weighted by Gasteiger charge is -2.28. The third-order valence-electron chi connectivity index (χ3n) is 6.21. The van der Waals surface area contributed by atoms with Crippen LogP contribution in [0.15, 0.2) is 67.0 Å². The standard InChI is InChI=1S/C26H24ClN5OS/c1-15-9-11-29-23(12-15)31-16(2)13-19(17(31)3)25-24(20-6-4-5-10-28-20)30-26(34)32(25)21-14-18(27)7-8-22(21)33/h4-14,24-25,33H,1-3H3,(H,30,34)/t24-,25+/m0/s1. The Morgan fingerprint density at radius 2 is 1.82 bits per heavy atom. The molecule has 5 rings (SSSR count). The molecule has 0 bridgehead atoms. The molecule has 172 valence electrons. The normalized spacial score (nSPS) is 17.8. The van der Waals surface area contributed by atoms with Gasteiger partial charge in [-0.05, 0) is 92.6 Å². The first-order valence-electron chi connectivity index (χ1n) is 11.0. The number of phenolic OH excluding ortho intramolecular Hbond substituents is 1. The highest BCUT2D eigenvalue weighted by atomic mass is 35.5. The van der Waals surface area contributed by atoms with Crippen LogP contribution in [0.5, 0.6) is 5.75 Å². The van der Waals surface area contributed by atoms with Crippen molar-refractivity contribution < 1.29 is 5.11 Å². The van der Waals surface area contributed by atoms with Crippen LogP contribution in [0.1, 0.15) is 40.3 Å². The smallest absolute Gasteiger partial charge is 0.174 e. The number of anilines is 1. The summed E-state index contributed by atoms with van der Waals surface area (Å²) in [5.41, 5.74) is 5.70. The van der Waals surface area contributed by atoms with Crippen molar-refractivity contribution in [1.29, 1.82) is 0 Å². The maximum atomic E-state index is 10.8. The number of aromatic hydroxyl groups is 1. The van der Waals surface area contributed by atoms with Crippen LogP contribution >= 0.6 is 23.8 Å². The number of nitrogens with one attached hydrogen (secondary N) is 1. The molecular weight excluding hydrogens is 466 g/mol. The van der Waals surface area contributed by atoms with Gasteiger partial charge in [0.05, 0.1) is 23.5 Å². The fourth-order valence-electron chi connectivity index (χ4n) is 4.70. The van der Waals surface area contributed by atoms with Crippen LogP contribution in [-0.4, -0.2) is 24.8 Å². The van der Waals surface area contributed by atoms with Crippen molar-refractivity contribution in [1.82, 2.24) is 19.9 Å². The molecule has 34 heavy (non-hydrogen) atoms. The maximum absolute atomic E-state index is 10.8. The predicted molar refractivity (Wildman–Crippen MR) is 139 cm³/mol. The van der Waals surface area contributed by atoms with Crippen molar-refractivity contribution in [2.45, 2.75) is 32.9 Å². The van der Waals surface area contributed by atoms with Crippen molar-refractivity contribution in [3.8, 4) is 11.6 Å². The van der Waals surface area contributed by atoms with Crippen molar-refractivity contribution in [2.24, 2.45) is 0 Å². The monoisotopic (exact) mass is 489 g/mol. The van der Waals surface area contributed by atoms with Gasteiger partial charge in [0.2, 0.25) is 0 Å². The summed E-state index contributed by atoms with van der Waals surface area (Å²) in [4.78, 5) is 11.2. The van der Waals surface area contributed by atoms with Crippen molar-refractivity contribution in [3.05, 3.63) is 100 Å². The number of nitrogens with zero attached hydrogens (tertiary/aromatic N) is 4. The summed E-state index contributed by atoms with van der Waals surface area (Å²) in [5, 5.41) is 15.2. The quantitative estimate of drug-likeness (QED) is 0.357. The number of thiocarbonyl (C=S) groups is 1. The molecule has 1 fully saturated rings. The molecule has 0 radical (unpaired) electrons. The predicted octanol–water partition coefficient (Wildman–Crippen LogP) is 5.73. The van der Waals surface area contributed by atoms with Gasteiger partial charge in [-0.1, -0.05) is 17.7 Å². The zero-order chi connectivity index (χ0) is 24.0. The molecule has 3 aromatic heterocycles. The Bertz CT molecular complexity index is 1390. The molecule has 1 aliphatic rings. The Labute approximate surface area is 208 Å². The number of hydrogen-bond donors (Lipinski definition) is 2. The Balaban J connectivity index is 1.71. The first kappa shape index (κ1) is 22.4. The molecule has 0 amide bonds. The van der Waals surface area contributed by atoms with Gasteiger partial charge in [-0.15, -0.1) is 0 Å². The summed E-state index contributed by atoms with van der Waals surface area (Å²) in [5.74, 6) is 0.968. The van der Waals surface area contributed by atoms with Crippen LogP contribution in [0.2, 0.25) is 5.02 Å². The van der Waals surface area contributed by atoms with Crippen LogP contribution in [0, 0.1) is 20.8 Å². The highest BCUT2D eigenvalue weighted by Crippen LogP contribution is 2.46. The largest absolute Gasteiger partial charge is 0.506 e. The van der Waals surface area contributed by atoms with E-state index in [0.717, 1.165) is 34.0 Å². The van der Waals surface area contributed by atoms with Crippen molar-refractivity contribution >= 4 is 34.6 Å². The molecule has 1 aliphatic heterocycles. The molecule has 0 spiro atoms. The van der Waals surface area contributed by atoms with Crippen LogP contribution < -0.4 is 10.2 Å². The van der Waals surface area contributed by atoms with Crippen LogP contribution in [0.4, 0.5) is 5.69 Å². The molecule has 0 aliphatic carbocycles. The number of halogens is 1. The fraction of sp³-hybridized carbons (Fsp3) is 0.192. The second-order valence-corrected chi connectivity index (χ2v) is 9.31. The average Bonchev–Trinajstić information content (AvgIpc) is 3.31. The number of rotatable bonds is 4. The summed E-state index contributed by atoms with van der Waals surface area (Å²) in [6, 6.07) is 16.5. The summed E-state index contributed by atoms with van der Waals surface area (Å²) in [6.07, 6.45) is 3.60. The van der Waals surface area contributed by atoms with Gasteiger partial charge in [0, 0.05) is 28.8 Å². The van der Waals surface area contributed by atoms with E-state index in [-0.39, 0.29) is 17.8 Å². The lowest BCUT2D eigenvalue weighted by molar-refractivity contribution is 0.472. The Hall–Kier alpha value is -3.42. The number of phenols is 1. The van der Waals surface area contributed by atoms with Gasteiger partial charge in [0.1, 0.15) is 11.6 Å². The molecule has 0 unspecified atom stereocenters. The van der Waals surface area contributed by atoms with Gasteiger partial charge in [-0.25, -0.2) is 4.98 Å². The minimum atomic E-state index is -0.267. The first-order chi connectivity index (χ1) is 16.3. The topological polar surface area (TPSA) is 66.2 Å². The molecule has 6 nitrogen and oxygen atoms in total. The molecule has 1 saturated heterocycles. The number of hydrogen-bond acceptors (Lipinski definition) is 4. The minimum Gasteiger partial charge on any atom is -0.506 e. The second-order valence-electron chi connectivity index (χ2n) is 8.48. The van der Waals surface area contributed by atoms with Crippen molar-refractivity contribution in [3.63, 3.8) is 0 Å². The van der Waals surface area contributed by atoms with E-state index < -0.39 is 0 Å². The van der Waals surface area contributed by atoms with Crippen LogP contribution in [0.25, 0.3) is 5.82 Å². The number of pyridine rings is 2. The highest BCUT2D eigenvalue weighted by Gasteiger charge is 2.43. The van der Waals surface area contributed by atoms with Crippen LogP contribution in [-0.2, 0) is 0 Å². The molecular formula is C26H24ClN5OS. The molecule has 8 heteroatoms. The van der Waals surface area contributed by atoms with E-state index in [1.165, 1.54) is 0 Å². The van der Waals surface area contributed by atoms with E-state index in [1.54, 1.807) is 24.4 Å². The van der Waals surface area contributed by atoms with E-state index in [1.807, 2.05) is 35.4 Å². The number of benzene rings is 1. The Kier molecular flexibility index (Phi) is 5.75. The summed E-state index contributed by atoms with van der Waals surface area (Å²) < 4.78 is 2.15. The first-order valence-corrected chi connectivity index (χ1v) is 11.7. The van der Waals surface area contributed by atoms with Gasteiger partial charge in [0.15, 0.2) is 5.11 Å². The summed E-state index contributed by atoms with van der Waals surface area (Å²) in [7, 11) is 0. The van der Waals surface area contributed by atoms with E-state index in [0.29, 0.717) is 15.8 Å². The van der Waals surface area contributed by atoms with Gasteiger partial charge in [0.25, 0.3) is 0 Å². The summed E-state index contributed by atoms with van der Waals surface area (Å²) >= 11 is 12.1. The molecule has 4 aromatic rings.